The number of anilines is 1. The third-order valence-corrected chi connectivity index (χ3v) is 3.95. The maximum atomic E-state index is 11.8. The summed E-state index contributed by atoms with van der Waals surface area (Å²) < 4.78 is 2.01. The van der Waals surface area contributed by atoms with Crippen LogP contribution in [0.25, 0.3) is 0 Å². The molecule has 1 N–H and O–H groups in total. The normalized spacial score (nSPS) is 14.7. The first-order chi connectivity index (χ1) is 8.72. The van der Waals surface area contributed by atoms with Crippen molar-refractivity contribution in [3.05, 3.63) is 32.7 Å². The van der Waals surface area contributed by atoms with Crippen LogP contribution in [0.5, 0.6) is 0 Å². The van der Waals surface area contributed by atoms with Crippen molar-refractivity contribution in [3.8, 4) is 0 Å². The molecule has 1 aromatic heterocycles. The first-order valence-electron chi connectivity index (χ1n) is 6.39. The van der Waals surface area contributed by atoms with Crippen molar-refractivity contribution in [1.82, 2.24) is 9.78 Å². The molecule has 0 saturated carbocycles. The highest BCUT2D eigenvalue weighted by Crippen LogP contribution is 2.21. The zero-order chi connectivity index (χ0) is 13.0. The van der Waals surface area contributed by atoms with E-state index in [4.69, 9.17) is 0 Å². The molecule has 0 atom stereocenters. The molecule has 5 heteroatoms. The lowest BCUT2D eigenvalue weighted by Crippen LogP contribution is -2.23. The molecule has 18 heavy (non-hydrogen) atoms. The second-order valence-corrected chi connectivity index (χ2v) is 5.22. The van der Waals surface area contributed by atoms with Crippen LogP contribution >= 0.6 is 15.9 Å². The number of allylic oxidation sites excluding steroid dienone is 1. The minimum absolute atomic E-state index is 0.0809. The molecule has 1 heterocycles. The Hall–Kier alpha value is -1.10. The highest BCUT2D eigenvalue weighted by molar-refractivity contribution is 9.10. The largest absolute Gasteiger partial charge is 0.382 e. The molecule has 0 bridgehead atoms. The molecule has 1 aliphatic rings. The second kappa shape index (κ2) is 6.18. The fraction of sp³-hybridized carbons (Fsp3) is 0.538. The summed E-state index contributed by atoms with van der Waals surface area (Å²) in [7, 11) is 0. The van der Waals surface area contributed by atoms with E-state index in [0.29, 0.717) is 11.0 Å². The molecule has 0 radical (unpaired) electrons. The first-order valence-corrected chi connectivity index (χ1v) is 7.19. The van der Waals surface area contributed by atoms with Gasteiger partial charge >= 0.3 is 0 Å². The quantitative estimate of drug-likeness (QED) is 0.850. The summed E-state index contributed by atoms with van der Waals surface area (Å²) in [5.41, 5.74) is 2.22. The highest BCUT2D eigenvalue weighted by Gasteiger charge is 2.08. The summed E-state index contributed by atoms with van der Waals surface area (Å²) in [6.07, 6.45) is 8.80. The van der Waals surface area contributed by atoms with Gasteiger partial charge in [-0.15, -0.1) is 0 Å². The summed E-state index contributed by atoms with van der Waals surface area (Å²) in [5.74, 6) is 0. The van der Waals surface area contributed by atoms with Crippen molar-refractivity contribution in [2.75, 3.05) is 11.9 Å². The van der Waals surface area contributed by atoms with E-state index in [1.165, 1.54) is 29.5 Å². The third kappa shape index (κ3) is 3.02. The maximum Gasteiger partial charge on any atom is 0.283 e. The van der Waals surface area contributed by atoms with E-state index in [0.717, 1.165) is 18.7 Å². The standard InChI is InChI=1S/C13H18BrN3O/c1-2-17-13(18)12(14)11(9-16-17)15-8-7-10-5-3-4-6-10/h5,9,15H,2-4,6-8H2,1H3. The summed E-state index contributed by atoms with van der Waals surface area (Å²) in [6.45, 7) is 3.34. The van der Waals surface area contributed by atoms with Crippen molar-refractivity contribution in [2.45, 2.75) is 39.2 Å². The van der Waals surface area contributed by atoms with Gasteiger partial charge in [0.1, 0.15) is 4.47 Å². The van der Waals surface area contributed by atoms with Crippen LogP contribution in [0.2, 0.25) is 0 Å². The fourth-order valence-electron chi connectivity index (χ4n) is 2.14. The molecule has 4 nitrogen and oxygen atoms in total. The molecule has 0 unspecified atom stereocenters. The Morgan fingerprint density at radius 3 is 3.06 bits per heavy atom. The van der Waals surface area contributed by atoms with E-state index >= 15 is 0 Å². The molecule has 1 aliphatic carbocycles. The number of halogens is 1. The van der Waals surface area contributed by atoms with Crippen molar-refractivity contribution in [1.29, 1.82) is 0 Å². The molecule has 98 valence electrons. The van der Waals surface area contributed by atoms with Gasteiger partial charge in [0.15, 0.2) is 0 Å². The van der Waals surface area contributed by atoms with Gasteiger partial charge in [-0.2, -0.15) is 5.10 Å². The van der Waals surface area contributed by atoms with Gasteiger partial charge in [-0.1, -0.05) is 11.6 Å². The number of hydrogen-bond donors (Lipinski definition) is 1. The number of rotatable bonds is 5. The van der Waals surface area contributed by atoms with Crippen molar-refractivity contribution >= 4 is 21.6 Å². The molecule has 0 amide bonds. The van der Waals surface area contributed by atoms with Crippen molar-refractivity contribution in [3.63, 3.8) is 0 Å². The molecule has 1 aromatic rings. The van der Waals surface area contributed by atoms with E-state index in [-0.39, 0.29) is 5.56 Å². The molecule has 0 spiro atoms. The van der Waals surface area contributed by atoms with Gasteiger partial charge in [-0.3, -0.25) is 4.79 Å². The van der Waals surface area contributed by atoms with E-state index in [1.54, 1.807) is 6.20 Å². The Morgan fingerprint density at radius 1 is 1.56 bits per heavy atom. The molecule has 0 aromatic carbocycles. The zero-order valence-electron chi connectivity index (χ0n) is 10.6. The Morgan fingerprint density at radius 2 is 2.39 bits per heavy atom. The molecule has 0 fully saturated rings. The average Bonchev–Trinajstić information content (AvgIpc) is 2.88. The minimum atomic E-state index is -0.0809. The van der Waals surface area contributed by atoms with Gasteiger partial charge in [0.2, 0.25) is 0 Å². The molecule has 0 saturated heterocycles. The van der Waals surface area contributed by atoms with Crippen molar-refractivity contribution < 1.29 is 0 Å². The van der Waals surface area contributed by atoms with Crippen LogP contribution in [0, 0.1) is 0 Å². The lowest BCUT2D eigenvalue weighted by molar-refractivity contribution is 0.613. The smallest absolute Gasteiger partial charge is 0.283 e. The monoisotopic (exact) mass is 311 g/mol. The molecular formula is C13H18BrN3O. The van der Waals surface area contributed by atoms with Crippen LogP contribution in [0.15, 0.2) is 27.1 Å². The van der Waals surface area contributed by atoms with E-state index in [1.807, 2.05) is 6.92 Å². The average molecular weight is 312 g/mol. The van der Waals surface area contributed by atoms with Gasteiger partial charge in [-0.05, 0) is 48.5 Å². The van der Waals surface area contributed by atoms with Crippen LogP contribution < -0.4 is 10.9 Å². The number of hydrogen-bond acceptors (Lipinski definition) is 3. The summed E-state index contributed by atoms with van der Waals surface area (Å²) in [6, 6.07) is 0. The first kappa shape index (κ1) is 13.3. The molecular weight excluding hydrogens is 294 g/mol. The SMILES string of the molecule is CCn1ncc(NCCC2=CCCC2)c(Br)c1=O. The van der Waals surface area contributed by atoms with E-state index < -0.39 is 0 Å². The van der Waals surface area contributed by atoms with Crippen LogP contribution in [-0.2, 0) is 6.54 Å². The van der Waals surface area contributed by atoms with E-state index in [2.05, 4.69) is 32.4 Å². The van der Waals surface area contributed by atoms with Crippen LogP contribution in [0.4, 0.5) is 5.69 Å². The Balaban J connectivity index is 1.97. The lowest BCUT2D eigenvalue weighted by Gasteiger charge is -2.09. The molecule has 2 rings (SSSR count). The lowest BCUT2D eigenvalue weighted by atomic mass is 10.2. The highest BCUT2D eigenvalue weighted by atomic mass is 79.9. The van der Waals surface area contributed by atoms with Crippen molar-refractivity contribution in [2.24, 2.45) is 0 Å². The summed E-state index contributed by atoms with van der Waals surface area (Å²) >= 11 is 3.34. The van der Waals surface area contributed by atoms with Gasteiger partial charge in [0, 0.05) is 13.1 Å². The zero-order valence-corrected chi connectivity index (χ0v) is 12.2. The minimum Gasteiger partial charge on any atom is -0.382 e. The van der Waals surface area contributed by atoms with Gasteiger partial charge < -0.3 is 5.32 Å². The fourth-order valence-corrected chi connectivity index (χ4v) is 2.58. The third-order valence-electron chi connectivity index (χ3n) is 3.18. The predicted octanol–water partition coefficient (Wildman–Crippen LogP) is 2.94. The summed E-state index contributed by atoms with van der Waals surface area (Å²) in [5, 5.41) is 7.37. The van der Waals surface area contributed by atoms with Gasteiger partial charge in [0.05, 0.1) is 11.9 Å². The Kier molecular flexibility index (Phi) is 4.58. The predicted molar refractivity (Wildman–Crippen MR) is 76.9 cm³/mol. The molecule has 0 aliphatic heterocycles. The maximum absolute atomic E-state index is 11.8. The van der Waals surface area contributed by atoms with E-state index in [9.17, 15) is 4.79 Å². The van der Waals surface area contributed by atoms with Gasteiger partial charge in [-0.25, -0.2) is 4.68 Å². The van der Waals surface area contributed by atoms with Crippen LogP contribution in [0.1, 0.15) is 32.6 Å². The Bertz CT molecular complexity index is 507. The summed E-state index contributed by atoms with van der Waals surface area (Å²) in [4.78, 5) is 11.8. The second-order valence-electron chi connectivity index (χ2n) is 4.42. The van der Waals surface area contributed by atoms with Gasteiger partial charge in [0.25, 0.3) is 5.56 Å². The Labute approximate surface area is 115 Å². The van der Waals surface area contributed by atoms with Crippen LogP contribution in [0.3, 0.4) is 0 Å². The van der Waals surface area contributed by atoms with Crippen LogP contribution in [-0.4, -0.2) is 16.3 Å². The topological polar surface area (TPSA) is 46.9 Å². The number of aryl methyl sites for hydroxylation is 1. The number of nitrogens with zero attached hydrogens (tertiary/aromatic N) is 2. The number of nitrogens with one attached hydrogen (secondary N) is 1. The number of aromatic nitrogens is 2.